The maximum Gasteiger partial charge on any atom is 0.277 e. The maximum atomic E-state index is 13.5. The molecule has 2 aromatic carbocycles. The number of nitrogens with one attached hydrogen (secondary N) is 2. The van der Waals surface area contributed by atoms with Crippen LogP contribution in [0.5, 0.6) is 0 Å². The first-order valence-electron chi connectivity index (χ1n) is 8.16. The number of carbonyl (C=O) groups excluding carboxylic acids is 2. The van der Waals surface area contributed by atoms with Crippen LogP contribution in [0.2, 0.25) is 0 Å². The highest BCUT2D eigenvalue weighted by atomic mass is 32.2. The lowest BCUT2D eigenvalue weighted by Crippen LogP contribution is -2.34. The van der Waals surface area contributed by atoms with Crippen molar-refractivity contribution < 1.29 is 27.2 Å². The first-order valence-corrected chi connectivity index (χ1v) is 9.14. The third kappa shape index (κ3) is 5.35. The van der Waals surface area contributed by atoms with Gasteiger partial charge in [-0.3, -0.25) is 9.59 Å². The zero-order valence-corrected chi connectivity index (χ0v) is 15.4. The standard InChI is InChI=1S/C18H13F3N4O3S/c19-11-6-7-12(16(21)15(11)20)23-13(26)8-22-14(27)9-29-18-25-24-17(28-18)10-4-2-1-3-5-10/h1-7H,8-9H2,(H,22,27)(H,23,26). The summed E-state index contributed by atoms with van der Waals surface area (Å²) in [5.41, 5.74) is 0.203. The molecule has 0 saturated heterocycles. The van der Waals surface area contributed by atoms with E-state index in [4.69, 9.17) is 4.42 Å². The quantitative estimate of drug-likeness (QED) is 0.449. The van der Waals surface area contributed by atoms with Crippen LogP contribution in [0.15, 0.2) is 52.1 Å². The van der Waals surface area contributed by atoms with Crippen molar-refractivity contribution in [3.05, 3.63) is 59.9 Å². The zero-order chi connectivity index (χ0) is 20.8. The van der Waals surface area contributed by atoms with E-state index in [0.717, 1.165) is 23.4 Å². The topological polar surface area (TPSA) is 97.1 Å². The van der Waals surface area contributed by atoms with E-state index in [-0.39, 0.29) is 11.0 Å². The van der Waals surface area contributed by atoms with Crippen molar-refractivity contribution in [2.45, 2.75) is 5.22 Å². The molecular weight excluding hydrogens is 409 g/mol. The van der Waals surface area contributed by atoms with E-state index in [0.29, 0.717) is 12.0 Å². The van der Waals surface area contributed by atoms with Gasteiger partial charge in [0.1, 0.15) is 0 Å². The SMILES string of the molecule is O=C(CSc1nnc(-c2ccccc2)o1)NCC(=O)Nc1ccc(F)c(F)c1F. The van der Waals surface area contributed by atoms with Gasteiger partial charge in [0.05, 0.1) is 18.0 Å². The summed E-state index contributed by atoms with van der Waals surface area (Å²) in [6.45, 7) is -0.489. The fourth-order valence-electron chi connectivity index (χ4n) is 2.14. The number of nitrogens with zero attached hydrogens (tertiary/aromatic N) is 2. The molecule has 0 atom stereocenters. The first kappa shape index (κ1) is 20.4. The monoisotopic (exact) mass is 422 g/mol. The van der Waals surface area contributed by atoms with Gasteiger partial charge >= 0.3 is 0 Å². The Kier molecular flexibility index (Phi) is 6.50. The fourth-order valence-corrected chi connectivity index (χ4v) is 2.73. The summed E-state index contributed by atoms with van der Waals surface area (Å²) in [6, 6.07) is 10.6. The van der Waals surface area contributed by atoms with E-state index in [1.54, 1.807) is 12.1 Å². The average molecular weight is 422 g/mol. The molecule has 29 heavy (non-hydrogen) atoms. The molecule has 1 aromatic heterocycles. The molecule has 0 aliphatic heterocycles. The molecule has 0 radical (unpaired) electrons. The third-order valence-electron chi connectivity index (χ3n) is 3.51. The summed E-state index contributed by atoms with van der Waals surface area (Å²) in [7, 11) is 0. The molecule has 150 valence electrons. The van der Waals surface area contributed by atoms with Crippen molar-refractivity contribution in [3.63, 3.8) is 0 Å². The third-order valence-corrected chi connectivity index (χ3v) is 4.33. The minimum absolute atomic E-state index is 0.108. The highest BCUT2D eigenvalue weighted by Gasteiger charge is 2.16. The van der Waals surface area contributed by atoms with Gasteiger partial charge in [-0.25, -0.2) is 13.2 Å². The Balaban J connectivity index is 1.45. The lowest BCUT2D eigenvalue weighted by atomic mass is 10.2. The Labute approximate surface area is 166 Å². The van der Waals surface area contributed by atoms with Crippen LogP contribution in [0.25, 0.3) is 11.5 Å². The van der Waals surface area contributed by atoms with Crippen molar-refractivity contribution >= 4 is 29.3 Å². The largest absolute Gasteiger partial charge is 0.411 e. The predicted octanol–water partition coefficient (Wildman–Crippen LogP) is 3.00. The number of hydrogen-bond donors (Lipinski definition) is 2. The molecule has 0 spiro atoms. The summed E-state index contributed by atoms with van der Waals surface area (Å²) in [6.07, 6.45) is 0. The number of rotatable bonds is 7. The predicted molar refractivity (Wildman–Crippen MR) is 98.4 cm³/mol. The van der Waals surface area contributed by atoms with Gasteiger partial charge < -0.3 is 15.1 Å². The van der Waals surface area contributed by atoms with Gasteiger partial charge in [-0.05, 0) is 24.3 Å². The summed E-state index contributed by atoms with van der Waals surface area (Å²) >= 11 is 0.970. The number of anilines is 1. The average Bonchev–Trinajstić information content (AvgIpc) is 3.21. The number of thioether (sulfide) groups is 1. The molecule has 3 aromatic rings. The van der Waals surface area contributed by atoms with Crippen LogP contribution in [-0.4, -0.2) is 34.3 Å². The van der Waals surface area contributed by atoms with Gasteiger partial charge in [0.15, 0.2) is 17.5 Å². The molecule has 2 N–H and O–H groups in total. The van der Waals surface area contributed by atoms with Gasteiger partial charge in [0.25, 0.3) is 5.22 Å². The normalized spacial score (nSPS) is 10.6. The Morgan fingerprint density at radius 2 is 1.72 bits per heavy atom. The van der Waals surface area contributed by atoms with E-state index in [1.165, 1.54) is 0 Å². The van der Waals surface area contributed by atoms with Crippen molar-refractivity contribution in [1.82, 2.24) is 15.5 Å². The fraction of sp³-hybridized carbons (Fsp3) is 0.111. The van der Waals surface area contributed by atoms with Gasteiger partial charge in [0.2, 0.25) is 17.7 Å². The number of hydrogen-bond acceptors (Lipinski definition) is 6. The molecule has 0 unspecified atom stereocenters. The highest BCUT2D eigenvalue weighted by Crippen LogP contribution is 2.22. The molecule has 0 fully saturated rings. The molecule has 2 amide bonds. The van der Waals surface area contributed by atoms with E-state index < -0.39 is 41.5 Å². The van der Waals surface area contributed by atoms with Crippen LogP contribution in [0.4, 0.5) is 18.9 Å². The van der Waals surface area contributed by atoms with Gasteiger partial charge in [0, 0.05) is 5.56 Å². The van der Waals surface area contributed by atoms with E-state index in [1.807, 2.05) is 23.5 Å². The summed E-state index contributed by atoms with van der Waals surface area (Å²) < 4.78 is 44.9. The van der Waals surface area contributed by atoms with Crippen molar-refractivity contribution in [2.24, 2.45) is 0 Å². The molecule has 0 aliphatic carbocycles. The van der Waals surface area contributed by atoms with E-state index >= 15 is 0 Å². The van der Waals surface area contributed by atoms with Crippen molar-refractivity contribution in [1.29, 1.82) is 0 Å². The molecule has 0 saturated carbocycles. The molecule has 11 heteroatoms. The molecular formula is C18H13F3N4O3S. The molecule has 0 bridgehead atoms. The number of carbonyl (C=O) groups is 2. The Morgan fingerprint density at radius 1 is 0.966 bits per heavy atom. The van der Waals surface area contributed by atoms with Crippen LogP contribution in [0, 0.1) is 17.5 Å². The van der Waals surface area contributed by atoms with Crippen LogP contribution >= 0.6 is 11.8 Å². The summed E-state index contributed by atoms with van der Waals surface area (Å²) in [5, 5.41) is 12.2. The number of amides is 2. The minimum Gasteiger partial charge on any atom is -0.411 e. The van der Waals surface area contributed by atoms with Crippen LogP contribution in [-0.2, 0) is 9.59 Å². The second-order valence-electron chi connectivity index (χ2n) is 5.58. The van der Waals surface area contributed by atoms with E-state index in [9.17, 15) is 22.8 Å². The number of benzene rings is 2. The van der Waals surface area contributed by atoms with Crippen molar-refractivity contribution in [2.75, 3.05) is 17.6 Å². The minimum atomic E-state index is -1.70. The Morgan fingerprint density at radius 3 is 2.48 bits per heavy atom. The second kappa shape index (κ2) is 9.24. The molecule has 3 rings (SSSR count). The van der Waals surface area contributed by atoms with Gasteiger partial charge in [-0.15, -0.1) is 10.2 Å². The van der Waals surface area contributed by atoms with E-state index in [2.05, 4.69) is 15.5 Å². The summed E-state index contributed by atoms with van der Waals surface area (Å²) in [4.78, 5) is 23.6. The van der Waals surface area contributed by atoms with Gasteiger partial charge in [-0.1, -0.05) is 30.0 Å². The molecule has 7 nitrogen and oxygen atoms in total. The van der Waals surface area contributed by atoms with Crippen LogP contribution in [0.1, 0.15) is 0 Å². The number of aromatic nitrogens is 2. The van der Waals surface area contributed by atoms with Crippen LogP contribution < -0.4 is 10.6 Å². The lowest BCUT2D eigenvalue weighted by molar-refractivity contribution is -0.122. The maximum absolute atomic E-state index is 13.5. The Hall–Kier alpha value is -3.34. The summed E-state index contributed by atoms with van der Waals surface area (Å²) in [5.74, 6) is -5.72. The zero-order valence-electron chi connectivity index (χ0n) is 14.6. The van der Waals surface area contributed by atoms with Crippen molar-refractivity contribution in [3.8, 4) is 11.5 Å². The molecule has 0 aliphatic rings. The van der Waals surface area contributed by atoms with Gasteiger partial charge in [-0.2, -0.15) is 0 Å². The molecule has 1 heterocycles. The number of halogens is 3. The lowest BCUT2D eigenvalue weighted by Gasteiger charge is -2.08. The first-order chi connectivity index (χ1) is 13.9. The second-order valence-corrected chi connectivity index (χ2v) is 6.50. The smallest absolute Gasteiger partial charge is 0.277 e. The highest BCUT2D eigenvalue weighted by molar-refractivity contribution is 7.99. The Bertz CT molecular complexity index is 1030. The van der Waals surface area contributed by atoms with Crippen LogP contribution in [0.3, 0.4) is 0 Å².